The fourth-order valence-corrected chi connectivity index (χ4v) is 3.62. The van der Waals surface area contributed by atoms with Gasteiger partial charge in [0, 0.05) is 25.4 Å². The molecule has 1 rings (SSSR count). The number of benzene rings is 1. The normalized spacial score (nSPS) is 14.4. The Morgan fingerprint density at radius 2 is 1.14 bits per heavy atom. The van der Waals surface area contributed by atoms with Gasteiger partial charge in [-0.2, -0.15) is 0 Å². The summed E-state index contributed by atoms with van der Waals surface area (Å²) >= 11 is 0. The van der Waals surface area contributed by atoms with Crippen LogP contribution in [0.3, 0.4) is 0 Å². The molecule has 1 aromatic rings. The van der Waals surface area contributed by atoms with Crippen LogP contribution in [-0.2, 0) is 4.79 Å². The molecule has 190 valence electrons. The minimum absolute atomic E-state index is 0.176. The maximum absolute atomic E-state index is 12.6. The molecule has 2 atom stereocenters. The lowest BCUT2D eigenvalue weighted by Crippen LogP contribution is -2.38. The smallest absolute Gasteiger partial charge is 0.222 e. The maximum Gasteiger partial charge on any atom is 0.222 e. The number of allylic oxidation sites excluding steroid dienone is 12. The molecule has 0 spiro atoms. The van der Waals surface area contributed by atoms with Crippen LogP contribution in [0.1, 0.15) is 83.6 Å². The van der Waals surface area contributed by atoms with Crippen molar-refractivity contribution in [3.8, 4) is 0 Å². The van der Waals surface area contributed by atoms with E-state index in [-0.39, 0.29) is 11.9 Å². The quantitative estimate of drug-likeness (QED) is 0.207. The summed E-state index contributed by atoms with van der Waals surface area (Å²) < 4.78 is 0. The minimum Gasteiger partial charge on any atom is -0.342 e. The van der Waals surface area contributed by atoms with Crippen molar-refractivity contribution in [2.45, 2.75) is 84.1 Å². The van der Waals surface area contributed by atoms with Crippen LogP contribution in [0.25, 0.3) is 0 Å². The van der Waals surface area contributed by atoms with E-state index >= 15 is 0 Å². The first kappa shape index (κ1) is 30.2. The summed E-state index contributed by atoms with van der Waals surface area (Å²) in [4.78, 5) is 14.5. The molecule has 1 amide bonds. The van der Waals surface area contributed by atoms with Gasteiger partial charge in [-0.25, -0.2) is 0 Å². The minimum atomic E-state index is 0.176. The van der Waals surface area contributed by atoms with Gasteiger partial charge in [-0.3, -0.25) is 4.79 Å². The van der Waals surface area contributed by atoms with Crippen molar-refractivity contribution < 1.29 is 4.79 Å². The van der Waals surface area contributed by atoms with E-state index in [0.29, 0.717) is 12.3 Å². The number of hydrogen-bond donors (Lipinski definition) is 0. The Bertz CT molecular complexity index is 841. The molecule has 0 bridgehead atoms. The summed E-state index contributed by atoms with van der Waals surface area (Å²) in [6, 6.07) is 10.6. The average molecular weight is 474 g/mol. The summed E-state index contributed by atoms with van der Waals surface area (Å²) in [5.41, 5.74) is 1.27. The van der Waals surface area contributed by atoms with Crippen molar-refractivity contribution in [1.82, 2.24) is 4.90 Å². The average Bonchev–Trinajstić information content (AvgIpc) is 2.89. The van der Waals surface area contributed by atoms with Crippen molar-refractivity contribution in [2.24, 2.45) is 0 Å². The van der Waals surface area contributed by atoms with E-state index in [1.54, 1.807) is 0 Å². The Hall–Kier alpha value is -2.87. The van der Waals surface area contributed by atoms with Crippen molar-refractivity contribution >= 4 is 5.91 Å². The van der Waals surface area contributed by atoms with Crippen molar-refractivity contribution in [2.75, 3.05) is 7.05 Å². The Kier molecular flexibility index (Phi) is 17.7. The standard InChI is InChI=1S/C33H47NO/c1-5-6-7-8-9-10-11-12-13-14-15-16-17-18-19-20-21-22-26-29-33(35)34(4)31(3)30(2)32-27-24-23-25-28-32/h6-7,9-10,12-13,15-16,18-19,21-25,27-28,30-31H,5,8,11,14,17,20,26,29H2,1-4H3/b7-6-,10-9-,13-12-,16-15-,19-18-,22-21-. The van der Waals surface area contributed by atoms with E-state index in [1.807, 2.05) is 18.0 Å². The summed E-state index contributed by atoms with van der Waals surface area (Å²) in [7, 11) is 1.92. The lowest BCUT2D eigenvalue weighted by Gasteiger charge is -2.30. The fraction of sp³-hybridized carbons (Fsp3) is 0.424. The van der Waals surface area contributed by atoms with Gasteiger partial charge in [0.1, 0.15) is 0 Å². The molecular weight excluding hydrogens is 426 g/mol. The molecule has 1 aromatic carbocycles. The molecule has 0 N–H and O–H groups in total. The summed E-state index contributed by atoms with van der Waals surface area (Å²) in [5, 5.41) is 0. The van der Waals surface area contributed by atoms with Gasteiger partial charge < -0.3 is 4.90 Å². The summed E-state index contributed by atoms with van der Waals surface area (Å²) in [6.07, 6.45) is 33.7. The molecule has 2 unspecified atom stereocenters. The number of likely N-dealkylation sites (N-methyl/N-ethyl adjacent to an activating group) is 1. The van der Waals surface area contributed by atoms with E-state index in [0.717, 1.165) is 44.9 Å². The van der Waals surface area contributed by atoms with Crippen LogP contribution < -0.4 is 0 Å². The number of amides is 1. The van der Waals surface area contributed by atoms with E-state index in [4.69, 9.17) is 0 Å². The molecule has 0 aliphatic heterocycles. The van der Waals surface area contributed by atoms with E-state index < -0.39 is 0 Å². The van der Waals surface area contributed by atoms with Crippen LogP contribution in [0, 0.1) is 0 Å². The number of carbonyl (C=O) groups is 1. The molecule has 0 saturated carbocycles. The summed E-state index contributed by atoms with van der Waals surface area (Å²) in [6.45, 7) is 6.48. The zero-order valence-electron chi connectivity index (χ0n) is 22.5. The predicted octanol–water partition coefficient (Wildman–Crippen LogP) is 9.11. The van der Waals surface area contributed by atoms with Crippen molar-refractivity contribution in [3.63, 3.8) is 0 Å². The molecule has 0 aliphatic carbocycles. The van der Waals surface area contributed by atoms with Crippen LogP contribution in [0.15, 0.2) is 103 Å². The molecule has 35 heavy (non-hydrogen) atoms. The molecule has 0 aliphatic rings. The Labute approximate surface area is 215 Å². The highest BCUT2D eigenvalue weighted by Gasteiger charge is 2.21. The van der Waals surface area contributed by atoms with E-state index in [1.165, 1.54) is 5.56 Å². The zero-order valence-corrected chi connectivity index (χ0v) is 22.5. The molecule has 0 fully saturated rings. The molecule has 0 saturated heterocycles. The predicted molar refractivity (Wildman–Crippen MR) is 155 cm³/mol. The zero-order chi connectivity index (χ0) is 25.6. The largest absolute Gasteiger partial charge is 0.342 e. The second-order valence-electron chi connectivity index (χ2n) is 8.90. The summed E-state index contributed by atoms with van der Waals surface area (Å²) in [5.74, 6) is 0.524. The van der Waals surface area contributed by atoms with E-state index in [9.17, 15) is 4.79 Å². The fourth-order valence-electron chi connectivity index (χ4n) is 3.62. The van der Waals surface area contributed by atoms with Crippen LogP contribution in [0.2, 0.25) is 0 Å². The number of carbonyl (C=O) groups excluding carboxylic acids is 1. The maximum atomic E-state index is 12.6. The van der Waals surface area contributed by atoms with Gasteiger partial charge in [-0.15, -0.1) is 0 Å². The second kappa shape index (κ2) is 20.5. The first-order valence-corrected chi connectivity index (χ1v) is 13.3. The highest BCUT2D eigenvalue weighted by atomic mass is 16.2. The molecule has 2 nitrogen and oxygen atoms in total. The van der Waals surface area contributed by atoms with Gasteiger partial charge in [0.25, 0.3) is 0 Å². The van der Waals surface area contributed by atoms with Crippen LogP contribution >= 0.6 is 0 Å². The molecule has 0 radical (unpaired) electrons. The van der Waals surface area contributed by atoms with Crippen molar-refractivity contribution in [1.29, 1.82) is 0 Å². The Morgan fingerprint density at radius 3 is 1.60 bits per heavy atom. The molecule has 0 aromatic heterocycles. The second-order valence-corrected chi connectivity index (χ2v) is 8.90. The van der Waals surface area contributed by atoms with E-state index in [2.05, 4.69) is 118 Å². The van der Waals surface area contributed by atoms with Gasteiger partial charge in [0.05, 0.1) is 0 Å². The Balaban J connectivity index is 2.12. The number of hydrogen-bond acceptors (Lipinski definition) is 1. The SMILES string of the molecule is CC/C=C\C/C=C\C/C=C\C/C=C\C/C=C\C/C=C\CCC(=O)N(C)C(C)C(C)c1ccccc1. The van der Waals surface area contributed by atoms with Gasteiger partial charge in [0.15, 0.2) is 0 Å². The van der Waals surface area contributed by atoms with Gasteiger partial charge in [0.2, 0.25) is 5.91 Å². The third-order valence-corrected chi connectivity index (χ3v) is 6.17. The Morgan fingerprint density at radius 1 is 0.714 bits per heavy atom. The lowest BCUT2D eigenvalue weighted by atomic mass is 9.93. The molecule has 2 heteroatoms. The van der Waals surface area contributed by atoms with Crippen molar-refractivity contribution in [3.05, 3.63) is 109 Å². The number of nitrogens with zero attached hydrogens (tertiary/aromatic N) is 1. The van der Waals surface area contributed by atoms with Gasteiger partial charge in [-0.05, 0) is 57.4 Å². The third-order valence-electron chi connectivity index (χ3n) is 6.17. The highest BCUT2D eigenvalue weighted by molar-refractivity contribution is 5.76. The molecule has 0 heterocycles. The first-order chi connectivity index (χ1) is 17.1. The first-order valence-electron chi connectivity index (χ1n) is 13.3. The lowest BCUT2D eigenvalue weighted by molar-refractivity contribution is -0.131. The van der Waals surface area contributed by atoms with Gasteiger partial charge >= 0.3 is 0 Å². The highest BCUT2D eigenvalue weighted by Crippen LogP contribution is 2.22. The number of rotatable bonds is 17. The van der Waals surface area contributed by atoms with Crippen LogP contribution in [0.5, 0.6) is 0 Å². The van der Waals surface area contributed by atoms with Crippen LogP contribution in [0.4, 0.5) is 0 Å². The van der Waals surface area contributed by atoms with Gasteiger partial charge in [-0.1, -0.05) is 117 Å². The molecular formula is C33H47NO. The monoisotopic (exact) mass is 473 g/mol. The topological polar surface area (TPSA) is 20.3 Å². The van der Waals surface area contributed by atoms with Crippen LogP contribution in [-0.4, -0.2) is 23.9 Å². The third kappa shape index (κ3) is 14.9.